The van der Waals surface area contributed by atoms with Gasteiger partial charge in [-0.2, -0.15) is 0 Å². The number of hydrogen-bond donors (Lipinski definition) is 3. The molecule has 1 aliphatic heterocycles. The third-order valence-corrected chi connectivity index (χ3v) is 4.86. The molecule has 27 heavy (non-hydrogen) atoms. The summed E-state index contributed by atoms with van der Waals surface area (Å²) in [5, 5.41) is 9.14. The van der Waals surface area contributed by atoms with Crippen LogP contribution in [-0.4, -0.2) is 29.9 Å². The number of benzene rings is 1. The second-order valence-corrected chi connectivity index (χ2v) is 6.90. The standard InChI is InChI=1S/C21H26N4O2/c26-20(5-4-16-6-10-22-11-7-16)24-15-17-2-1-3-18(14-17)21(27)25-19-8-12-23-13-9-19/h1-3,8-9,12-14,16,22H,4-7,10-11,15H2,(H,24,26)(H,23,25,27). The van der Waals surface area contributed by atoms with E-state index >= 15 is 0 Å². The zero-order valence-electron chi connectivity index (χ0n) is 15.4. The lowest BCUT2D eigenvalue weighted by Crippen LogP contribution is -2.29. The Bertz CT molecular complexity index is 758. The van der Waals surface area contributed by atoms with Crippen molar-refractivity contribution < 1.29 is 9.59 Å². The van der Waals surface area contributed by atoms with Gasteiger partial charge in [-0.05, 0) is 68.1 Å². The van der Waals surface area contributed by atoms with Gasteiger partial charge in [0, 0.05) is 36.6 Å². The number of carbonyl (C=O) groups is 2. The fourth-order valence-electron chi connectivity index (χ4n) is 3.26. The van der Waals surface area contributed by atoms with Crippen LogP contribution in [0.2, 0.25) is 0 Å². The highest BCUT2D eigenvalue weighted by Crippen LogP contribution is 2.17. The number of aromatic nitrogens is 1. The van der Waals surface area contributed by atoms with Gasteiger partial charge in [0.2, 0.25) is 5.91 Å². The van der Waals surface area contributed by atoms with Crippen molar-refractivity contribution in [2.45, 2.75) is 32.2 Å². The Hall–Kier alpha value is -2.73. The molecule has 1 fully saturated rings. The quantitative estimate of drug-likeness (QED) is 0.704. The molecule has 2 amide bonds. The lowest BCUT2D eigenvalue weighted by atomic mass is 9.93. The van der Waals surface area contributed by atoms with Crippen molar-refractivity contribution in [3.63, 3.8) is 0 Å². The first-order valence-corrected chi connectivity index (χ1v) is 9.48. The highest BCUT2D eigenvalue weighted by atomic mass is 16.2. The van der Waals surface area contributed by atoms with Crippen LogP contribution in [0.3, 0.4) is 0 Å². The fourth-order valence-corrected chi connectivity index (χ4v) is 3.26. The van der Waals surface area contributed by atoms with Crippen molar-refractivity contribution in [3.8, 4) is 0 Å². The van der Waals surface area contributed by atoms with Crippen molar-refractivity contribution in [2.75, 3.05) is 18.4 Å². The molecule has 1 aliphatic rings. The Kier molecular flexibility index (Phi) is 6.93. The molecule has 2 aromatic rings. The van der Waals surface area contributed by atoms with Crippen LogP contribution in [0.15, 0.2) is 48.8 Å². The molecule has 0 saturated carbocycles. The van der Waals surface area contributed by atoms with Crippen LogP contribution in [0.5, 0.6) is 0 Å². The maximum absolute atomic E-state index is 12.4. The Morgan fingerprint density at radius 2 is 1.89 bits per heavy atom. The molecule has 0 atom stereocenters. The maximum Gasteiger partial charge on any atom is 0.255 e. The van der Waals surface area contributed by atoms with Crippen molar-refractivity contribution >= 4 is 17.5 Å². The number of nitrogens with one attached hydrogen (secondary N) is 3. The summed E-state index contributed by atoms with van der Waals surface area (Å²) < 4.78 is 0. The number of anilines is 1. The number of pyridine rings is 1. The van der Waals surface area contributed by atoms with Gasteiger partial charge in [0.25, 0.3) is 5.91 Å². The van der Waals surface area contributed by atoms with Crippen LogP contribution >= 0.6 is 0 Å². The molecule has 6 nitrogen and oxygen atoms in total. The summed E-state index contributed by atoms with van der Waals surface area (Å²) >= 11 is 0. The first kappa shape index (κ1) is 19.0. The van der Waals surface area contributed by atoms with E-state index in [9.17, 15) is 9.59 Å². The van der Waals surface area contributed by atoms with Gasteiger partial charge < -0.3 is 16.0 Å². The van der Waals surface area contributed by atoms with Gasteiger partial charge in [0.15, 0.2) is 0 Å². The van der Waals surface area contributed by atoms with Crippen LogP contribution in [0.25, 0.3) is 0 Å². The van der Waals surface area contributed by atoms with Crippen molar-refractivity contribution in [2.24, 2.45) is 5.92 Å². The fraction of sp³-hybridized carbons (Fsp3) is 0.381. The van der Waals surface area contributed by atoms with Crippen molar-refractivity contribution in [1.82, 2.24) is 15.6 Å². The molecule has 2 heterocycles. The van der Waals surface area contributed by atoms with E-state index in [1.165, 1.54) is 0 Å². The zero-order valence-corrected chi connectivity index (χ0v) is 15.4. The van der Waals surface area contributed by atoms with Gasteiger partial charge in [-0.1, -0.05) is 12.1 Å². The summed E-state index contributed by atoms with van der Waals surface area (Å²) in [5.74, 6) is 0.540. The van der Waals surface area contributed by atoms with Crippen LogP contribution in [0.4, 0.5) is 5.69 Å². The first-order chi connectivity index (χ1) is 13.2. The monoisotopic (exact) mass is 366 g/mol. The van der Waals surface area contributed by atoms with E-state index in [2.05, 4.69) is 20.9 Å². The third kappa shape index (κ3) is 6.18. The number of nitrogens with zero attached hydrogens (tertiary/aromatic N) is 1. The molecule has 6 heteroatoms. The van der Waals surface area contributed by atoms with Crippen LogP contribution < -0.4 is 16.0 Å². The normalized spacial score (nSPS) is 14.5. The summed E-state index contributed by atoms with van der Waals surface area (Å²) in [5.41, 5.74) is 2.17. The number of rotatable bonds is 7. The van der Waals surface area contributed by atoms with Gasteiger partial charge in [0.1, 0.15) is 0 Å². The van der Waals surface area contributed by atoms with Gasteiger partial charge >= 0.3 is 0 Å². The van der Waals surface area contributed by atoms with Crippen LogP contribution in [0.1, 0.15) is 41.6 Å². The van der Waals surface area contributed by atoms with Gasteiger partial charge in [-0.25, -0.2) is 0 Å². The lowest BCUT2D eigenvalue weighted by Gasteiger charge is -2.22. The number of hydrogen-bond acceptors (Lipinski definition) is 4. The minimum absolute atomic E-state index is 0.0696. The Morgan fingerprint density at radius 3 is 2.67 bits per heavy atom. The van der Waals surface area contributed by atoms with E-state index in [1.807, 2.05) is 18.2 Å². The van der Waals surface area contributed by atoms with Crippen molar-refractivity contribution in [1.29, 1.82) is 0 Å². The smallest absolute Gasteiger partial charge is 0.255 e. The van der Waals surface area contributed by atoms with E-state index in [0.29, 0.717) is 30.1 Å². The third-order valence-electron chi connectivity index (χ3n) is 4.86. The molecule has 0 spiro atoms. The molecule has 0 unspecified atom stereocenters. The molecule has 3 rings (SSSR count). The summed E-state index contributed by atoms with van der Waals surface area (Å²) in [6.07, 6.45) is 7.08. The molecular weight excluding hydrogens is 340 g/mol. The minimum atomic E-state index is -0.180. The molecule has 3 N–H and O–H groups in total. The zero-order chi connectivity index (χ0) is 18.9. The van der Waals surface area contributed by atoms with Crippen LogP contribution in [0, 0.1) is 5.92 Å². The Morgan fingerprint density at radius 1 is 1.11 bits per heavy atom. The first-order valence-electron chi connectivity index (χ1n) is 9.48. The highest BCUT2D eigenvalue weighted by molar-refractivity contribution is 6.04. The molecule has 1 saturated heterocycles. The van der Waals surface area contributed by atoms with E-state index in [1.54, 1.807) is 30.6 Å². The molecule has 142 valence electrons. The predicted molar refractivity (Wildman–Crippen MR) is 105 cm³/mol. The average molecular weight is 366 g/mol. The predicted octanol–water partition coefficient (Wildman–Crippen LogP) is 2.73. The van der Waals surface area contributed by atoms with E-state index < -0.39 is 0 Å². The van der Waals surface area contributed by atoms with Crippen LogP contribution in [-0.2, 0) is 11.3 Å². The molecule has 0 aliphatic carbocycles. The topological polar surface area (TPSA) is 83.1 Å². The maximum atomic E-state index is 12.4. The molecule has 1 aromatic heterocycles. The van der Waals surface area contributed by atoms with E-state index in [4.69, 9.17) is 0 Å². The number of amides is 2. The summed E-state index contributed by atoms with van der Waals surface area (Å²) in [6, 6.07) is 10.8. The highest BCUT2D eigenvalue weighted by Gasteiger charge is 2.14. The van der Waals surface area contributed by atoms with Gasteiger partial charge in [0.05, 0.1) is 0 Å². The van der Waals surface area contributed by atoms with E-state index in [0.717, 1.165) is 37.9 Å². The molecule has 0 bridgehead atoms. The SMILES string of the molecule is O=C(CCC1CCNCC1)NCc1cccc(C(=O)Nc2ccncc2)c1. The number of piperidine rings is 1. The van der Waals surface area contributed by atoms with Crippen molar-refractivity contribution in [3.05, 3.63) is 59.9 Å². The minimum Gasteiger partial charge on any atom is -0.352 e. The Balaban J connectivity index is 1.47. The van der Waals surface area contributed by atoms with Gasteiger partial charge in [-0.3, -0.25) is 14.6 Å². The Labute approximate surface area is 159 Å². The largest absolute Gasteiger partial charge is 0.352 e. The van der Waals surface area contributed by atoms with Gasteiger partial charge in [-0.15, -0.1) is 0 Å². The van der Waals surface area contributed by atoms with E-state index in [-0.39, 0.29) is 11.8 Å². The molecular formula is C21H26N4O2. The average Bonchev–Trinajstić information content (AvgIpc) is 2.72. The summed E-state index contributed by atoms with van der Waals surface area (Å²) in [6.45, 7) is 2.54. The summed E-state index contributed by atoms with van der Waals surface area (Å²) in [7, 11) is 0. The summed E-state index contributed by atoms with van der Waals surface area (Å²) in [4.78, 5) is 28.4. The number of carbonyl (C=O) groups excluding carboxylic acids is 2. The lowest BCUT2D eigenvalue weighted by molar-refractivity contribution is -0.121. The second-order valence-electron chi connectivity index (χ2n) is 6.90. The second kappa shape index (κ2) is 9.83. The molecule has 0 radical (unpaired) electrons. The molecule has 1 aromatic carbocycles.